The molecule has 0 aromatic carbocycles. The van der Waals surface area contributed by atoms with E-state index in [9.17, 15) is 0 Å². The van der Waals surface area contributed by atoms with Crippen molar-refractivity contribution in [1.82, 2.24) is 5.32 Å². The van der Waals surface area contributed by atoms with Crippen molar-refractivity contribution in [2.45, 2.75) is 58.3 Å². The van der Waals surface area contributed by atoms with Crippen molar-refractivity contribution in [1.29, 1.82) is 0 Å². The van der Waals surface area contributed by atoms with E-state index < -0.39 is 0 Å². The molecule has 0 amide bonds. The minimum absolute atomic E-state index is 0.464. The van der Waals surface area contributed by atoms with E-state index in [0.717, 1.165) is 18.1 Å². The van der Waals surface area contributed by atoms with Crippen LogP contribution < -0.4 is 5.32 Å². The van der Waals surface area contributed by atoms with E-state index in [1.165, 1.54) is 37.7 Å². The summed E-state index contributed by atoms with van der Waals surface area (Å²) in [4.78, 5) is 0. The van der Waals surface area contributed by atoms with Gasteiger partial charge in [0, 0.05) is 5.56 Å². The molecular weight excluding hydrogens is 214 g/mol. The molecule has 1 aliphatic carbocycles. The molecule has 0 bridgehead atoms. The molecule has 1 heterocycles. The third-order valence-corrected chi connectivity index (χ3v) is 3.45. The van der Waals surface area contributed by atoms with Gasteiger partial charge in [-0.05, 0) is 32.9 Å². The first-order chi connectivity index (χ1) is 8.29. The summed E-state index contributed by atoms with van der Waals surface area (Å²) in [5, 5.41) is 3.10. The van der Waals surface area contributed by atoms with Crippen molar-refractivity contribution >= 4 is 0 Å². The minimum atomic E-state index is 0.464. The van der Waals surface area contributed by atoms with Crippen molar-refractivity contribution in [2.24, 2.45) is 0 Å². The zero-order valence-electron chi connectivity index (χ0n) is 10.9. The van der Waals surface area contributed by atoms with Crippen LogP contribution in [0.25, 0.3) is 0 Å². The fourth-order valence-electron chi connectivity index (χ4n) is 2.43. The van der Waals surface area contributed by atoms with Crippen LogP contribution in [0.5, 0.6) is 0 Å². The zero-order chi connectivity index (χ0) is 12.1. The SMILES string of the molecule is CNCc1cc(COC2CCCCC2)c(C)o1. The topological polar surface area (TPSA) is 34.4 Å². The van der Waals surface area contributed by atoms with Crippen LogP contribution in [-0.2, 0) is 17.9 Å². The Hall–Kier alpha value is -0.800. The molecule has 1 aromatic rings. The van der Waals surface area contributed by atoms with Gasteiger partial charge in [-0.3, -0.25) is 0 Å². The lowest BCUT2D eigenvalue weighted by atomic mass is 9.98. The van der Waals surface area contributed by atoms with Gasteiger partial charge in [0.05, 0.1) is 19.3 Å². The molecular formula is C14H23NO2. The number of hydrogen-bond acceptors (Lipinski definition) is 3. The standard InChI is InChI=1S/C14H23NO2/c1-11-12(8-14(17-11)9-15-2)10-16-13-6-4-3-5-7-13/h8,13,15H,3-7,9-10H2,1-2H3. The van der Waals surface area contributed by atoms with Gasteiger partial charge in [0.25, 0.3) is 0 Å². The van der Waals surface area contributed by atoms with E-state index in [1.807, 2.05) is 14.0 Å². The molecule has 0 atom stereocenters. The maximum Gasteiger partial charge on any atom is 0.118 e. The quantitative estimate of drug-likeness (QED) is 0.854. The monoisotopic (exact) mass is 237 g/mol. The number of rotatable bonds is 5. The molecule has 2 rings (SSSR count). The third kappa shape index (κ3) is 3.58. The van der Waals surface area contributed by atoms with Crippen LogP contribution in [0.1, 0.15) is 49.2 Å². The third-order valence-electron chi connectivity index (χ3n) is 3.45. The van der Waals surface area contributed by atoms with Gasteiger partial charge in [0.15, 0.2) is 0 Å². The average molecular weight is 237 g/mol. The zero-order valence-corrected chi connectivity index (χ0v) is 10.9. The molecule has 1 aromatic heterocycles. The van der Waals surface area contributed by atoms with Crippen molar-refractivity contribution in [2.75, 3.05) is 7.05 Å². The molecule has 3 heteroatoms. The fourth-order valence-corrected chi connectivity index (χ4v) is 2.43. The van der Waals surface area contributed by atoms with Crippen molar-refractivity contribution in [3.05, 3.63) is 23.2 Å². The van der Waals surface area contributed by atoms with Crippen LogP contribution in [0.3, 0.4) is 0 Å². The second-order valence-corrected chi connectivity index (χ2v) is 4.90. The molecule has 1 fully saturated rings. The summed E-state index contributed by atoms with van der Waals surface area (Å²) in [7, 11) is 1.93. The van der Waals surface area contributed by atoms with Crippen LogP contribution in [-0.4, -0.2) is 13.2 Å². The summed E-state index contributed by atoms with van der Waals surface area (Å²) in [5.74, 6) is 1.98. The van der Waals surface area contributed by atoms with Crippen molar-refractivity contribution in [3.63, 3.8) is 0 Å². The Bertz CT molecular complexity index is 340. The van der Waals surface area contributed by atoms with E-state index in [-0.39, 0.29) is 0 Å². The molecule has 3 nitrogen and oxygen atoms in total. The first-order valence-corrected chi connectivity index (χ1v) is 6.64. The number of ether oxygens (including phenoxy) is 1. The second-order valence-electron chi connectivity index (χ2n) is 4.90. The van der Waals surface area contributed by atoms with Crippen LogP contribution in [0, 0.1) is 6.92 Å². The Labute approximate surface area is 104 Å². The summed E-state index contributed by atoms with van der Waals surface area (Å²) in [6, 6.07) is 2.11. The van der Waals surface area contributed by atoms with E-state index >= 15 is 0 Å². The molecule has 1 N–H and O–H groups in total. The normalized spacial score (nSPS) is 17.5. The van der Waals surface area contributed by atoms with Crippen molar-refractivity contribution in [3.8, 4) is 0 Å². The Kier molecular flexibility index (Phi) is 4.63. The Morgan fingerprint density at radius 2 is 2.12 bits per heavy atom. The van der Waals surface area contributed by atoms with Gasteiger partial charge in [-0.25, -0.2) is 0 Å². The molecule has 0 spiro atoms. The number of nitrogens with one attached hydrogen (secondary N) is 1. The van der Waals surface area contributed by atoms with Gasteiger partial charge < -0.3 is 14.5 Å². The van der Waals surface area contributed by atoms with Crippen LogP contribution in [0.2, 0.25) is 0 Å². The van der Waals surface area contributed by atoms with E-state index in [0.29, 0.717) is 12.7 Å². The number of furan rings is 1. The van der Waals surface area contributed by atoms with E-state index in [4.69, 9.17) is 9.15 Å². The van der Waals surface area contributed by atoms with E-state index in [1.54, 1.807) is 0 Å². The first-order valence-electron chi connectivity index (χ1n) is 6.64. The number of hydrogen-bond donors (Lipinski definition) is 1. The highest BCUT2D eigenvalue weighted by Crippen LogP contribution is 2.23. The molecule has 96 valence electrons. The maximum absolute atomic E-state index is 5.96. The van der Waals surface area contributed by atoms with Crippen LogP contribution in [0.15, 0.2) is 10.5 Å². The number of aryl methyl sites for hydroxylation is 1. The fraction of sp³-hybridized carbons (Fsp3) is 0.714. The Balaban J connectivity index is 1.84. The highest BCUT2D eigenvalue weighted by Gasteiger charge is 2.15. The van der Waals surface area contributed by atoms with E-state index in [2.05, 4.69) is 11.4 Å². The minimum Gasteiger partial charge on any atom is -0.465 e. The lowest BCUT2D eigenvalue weighted by Gasteiger charge is -2.21. The predicted octanol–water partition coefficient (Wildman–Crippen LogP) is 3.16. The molecule has 0 aliphatic heterocycles. The maximum atomic E-state index is 5.96. The van der Waals surface area contributed by atoms with Gasteiger partial charge in [0.2, 0.25) is 0 Å². The molecule has 1 aliphatic rings. The average Bonchev–Trinajstić information content (AvgIpc) is 2.69. The highest BCUT2D eigenvalue weighted by atomic mass is 16.5. The lowest BCUT2D eigenvalue weighted by molar-refractivity contribution is 0.0164. The molecule has 0 unspecified atom stereocenters. The van der Waals surface area contributed by atoms with Crippen molar-refractivity contribution < 1.29 is 9.15 Å². The lowest BCUT2D eigenvalue weighted by Crippen LogP contribution is -2.16. The summed E-state index contributed by atoms with van der Waals surface area (Å²) in [6.07, 6.45) is 6.92. The van der Waals surface area contributed by atoms with Gasteiger partial charge in [-0.1, -0.05) is 19.3 Å². The Morgan fingerprint density at radius 1 is 1.35 bits per heavy atom. The summed E-state index contributed by atoms with van der Waals surface area (Å²) < 4.78 is 11.6. The molecule has 1 saturated carbocycles. The van der Waals surface area contributed by atoms with Crippen LogP contribution in [0.4, 0.5) is 0 Å². The smallest absolute Gasteiger partial charge is 0.118 e. The first kappa shape index (κ1) is 12.7. The van der Waals surface area contributed by atoms with Crippen LogP contribution >= 0.6 is 0 Å². The van der Waals surface area contributed by atoms with Gasteiger partial charge >= 0.3 is 0 Å². The predicted molar refractivity (Wildman–Crippen MR) is 67.9 cm³/mol. The Morgan fingerprint density at radius 3 is 2.82 bits per heavy atom. The van der Waals surface area contributed by atoms with Gasteiger partial charge in [-0.2, -0.15) is 0 Å². The van der Waals surface area contributed by atoms with Gasteiger partial charge in [0.1, 0.15) is 11.5 Å². The second kappa shape index (κ2) is 6.22. The summed E-state index contributed by atoms with van der Waals surface area (Å²) >= 11 is 0. The molecule has 0 saturated heterocycles. The molecule has 17 heavy (non-hydrogen) atoms. The molecule has 0 radical (unpaired) electrons. The summed E-state index contributed by atoms with van der Waals surface area (Å²) in [5.41, 5.74) is 1.20. The summed E-state index contributed by atoms with van der Waals surface area (Å²) in [6.45, 7) is 3.49. The largest absolute Gasteiger partial charge is 0.465 e. The van der Waals surface area contributed by atoms with Gasteiger partial charge in [-0.15, -0.1) is 0 Å². The highest BCUT2D eigenvalue weighted by molar-refractivity contribution is 5.19.